The Morgan fingerprint density at radius 2 is 2.00 bits per heavy atom. The molecule has 0 aliphatic rings. The Kier molecular flexibility index (Phi) is 3.51. The molecule has 118 valence electrons. The third-order valence-electron chi connectivity index (χ3n) is 3.32. The molecule has 2 aromatic heterocycles. The molecule has 0 radical (unpaired) electrons. The highest BCUT2D eigenvalue weighted by molar-refractivity contribution is 6.04. The number of pyridine rings is 1. The molecule has 8 heteroatoms. The van der Waals surface area contributed by atoms with Crippen LogP contribution in [0.3, 0.4) is 0 Å². The molecule has 3 aromatic rings. The fourth-order valence-electron chi connectivity index (χ4n) is 2.12. The number of nitrogens with zero attached hydrogens (tertiary/aromatic N) is 2. The molecule has 23 heavy (non-hydrogen) atoms. The number of nitrogens with one attached hydrogen (secondary N) is 2. The molecule has 0 unspecified atom stereocenters. The van der Waals surface area contributed by atoms with Crippen molar-refractivity contribution >= 4 is 22.5 Å². The zero-order valence-electron chi connectivity index (χ0n) is 11.9. The monoisotopic (exact) mass is 320 g/mol. The number of amides is 1. The van der Waals surface area contributed by atoms with E-state index in [1.807, 2.05) is 6.92 Å². The number of fused-ring (bicyclic) bond motifs is 1. The lowest BCUT2D eigenvalue weighted by molar-refractivity contribution is -0.141. The van der Waals surface area contributed by atoms with Gasteiger partial charge in [0.05, 0.1) is 11.1 Å². The Morgan fingerprint density at radius 3 is 2.65 bits per heavy atom. The van der Waals surface area contributed by atoms with Gasteiger partial charge in [0.15, 0.2) is 0 Å². The maximum Gasteiger partial charge on any atom is 0.433 e. The Morgan fingerprint density at radius 1 is 1.22 bits per heavy atom. The third-order valence-corrected chi connectivity index (χ3v) is 3.32. The number of anilines is 1. The van der Waals surface area contributed by atoms with Crippen molar-refractivity contribution in [3.63, 3.8) is 0 Å². The van der Waals surface area contributed by atoms with Gasteiger partial charge in [0.1, 0.15) is 5.69 Å². The van der Waals surface area contributed by atoms with Crippen LogP contribution in [-0.4, -0.2) is 21.1 Å². The minimum absolute atomic E-state index is 0.0382. The van der Waals surface area contributed by atoms with E-state index >= 15 is 0 Å². The van der Waals surface area contributed by atoms with Crippen molar-refractivity contribution in [1.82, 2.24) is 15.2 Å². The highest BCUT2D eigenvalue weighted by Crippen LogP contribution is 2.27. The molecule has 2 N–H and O–H groups in total. The van der Waals surface area contributed by atoms with Crippen molar-refractivity contribution < 1.29 is 18.0 Å². The summed E-state index contributed by atoms with van der Waals surface area (Å²) in [6.07, 6.45) is -3.63. The fraction of sp³-hybridized carbons (Fsp3) is 0.133. The van der Waals surface area contributed by atoms with E-state index in [1.165, 1.54) is 0 Å². The first-order valence-electron chi connectivity index (χ1n) is 6.64. The van der Waals surface area contributed by atoms with Gasteiger partial charge in [0.25, 0.3) is 5.91 Å². The summed E-state index contributed by atoms with van der Waals surface area (Å²) >= 11 is 0. The number of benzene rings is 1. The van der Waals surface area contributed by atoms with E-state index in [0.29, 0.717) is 11.2 Å². The number of aryl methyl sites for hydroxylation is 1. The van der Waals surface area contributed by atoms with Gasteiger partial charge >= 0.3 is 6.18 Å². The zero-order chi connectivity index (χ0) is 16.6. The van der Waals surface area contributed by atoms with Gasteiger partial charge < -0.3 is 5.32 Å². The largest absolute Gasteiger partial charge is 0.433 e. The Bertz CT molecular complexity index is 869. The van der Waals surface area contributed by atoms with Gasteiger partial charge in [-0.05, 0) is 37.3 Å². The molecule has 1 aromatic carbocycles. The quantitative estimate of drug-likeness (QED) is 0.759. The molecule has 0 atom stereocenters. The zero-order valence-corrected chi connectivity index (χ0v) is 11.9. The van der Waals surface area contributed by atoms with Crippen LogP contribution < -0.4 is 5.32 Å². The van der Waals surface area contributed by atoms with Crippen LogP contribution in [0.15, 0.2) is 36.5 Å². The first kappa shape index (κ1) is 15.0. The topological polar surface area (TPSA) is 70.7 Å². The van der Waals surface area contributed by atoms with E-state index in [9.17, 15) is 18.0 Å². The predicted molar refractivity (Wildman–Crippen MR) is 78.0 cm³/mol. The summed E-state index contributed by atoms with van der Waals surface area (Å²) in [7, 11) is 0. The average Bonchev–Trinajstić information content (AvgIpc) is 2.87. The number of rotatable bonds is 2. The molecule has 2 heterocycles. The van der Waals surface area contributed by atoms with Crippen LogP contribution in [0.2, 0.25) is 0 Å². The SMILES string of the molecule is Cc1[nH]nc2cc(NC(=O)c3ccc(C(F)(F)F)nc3)ccc12. The van der Waals surface area contributed by atoms with E-state index in [-0.39, 0.29) is 5.56 Å². The second-order valence-corrected chi connectivity index (χ2v) is 4.96. The van der Waals surface area contributed by atoms with Crippen LogP contribution in [-0.2, 0) is 6.18 Å². The summed E-state index contributed by atoms with van der Waals surface area (Å²) in [5.41, 5.74) is 1.09. The van der Waals surface area contributed by atoms with E-state index in [2.05, 4.69) is 20.5 Å². The van der Waals surface area contributed by atoms with Gasteiger partial charge in [-0.15, -0.1) is 0 Å². The van der Waals surface area contributed by atoms with Gasteiger partial charge in [-0.25, -0.2) is 0 Å². The Balaban J connectivity index is 1.80. The summed E-state index contributed by atoms with van der Waals surface area (Å²) < 4.78 is 37.3. The number of H-pyrrole nitrogens is 1. The van der Waals surface area contributed by atoms with Crippen LogP contribution in [0.4, 0.5) is 18.9 Å². The maximum absolute atomic E-state index is 12.4. The van der Waals surface area contributed by atoms with Crippen LogP contribution >= 0.6 is 0 Å². The number of carbonyl (C=O) groups excluding carboxylic acids is 1. The predicted octanol–water partition coefficient (Wildman–Crippen LogP) is 3.54. The molecule has 0 saturated heterocycles. The lowest BCUT2D eigenvalue weighted by Gasteiger charge is -2.07. The average molecular weight is 320 g/mol. The third kappa shape index (κ3) is 3.01. The van der Waals surface area contributed by atoms with Crippen LogP contribution in [0, 0.1) is 6.92 Å². The number of hydrogen-bond acceptors (Lipinski definition) is 3. The summed E-state index contributed by atoms with van der Waals surface area (Å²) in [6.45, 7) is 1.88. The minimum Gasteiger partial charge on any atom is -0.322 e. The molecule has 0 aliphatic heterocycles. The van der Waals surface area contributed by atoms with E-state index in [1.54, 1.807) is 18.2 Å². The summed E-state index contributed by atoms with van der Waals surface area (Å²) in [4.78, 5) is 15.3. The van der Waals surface area contributed by atoms with Gasteiger partial charge in [-0.1, -0.05) is 0 Å². The van der Waals surface area contributed by atoms with E-state index < -0.39 is 17.8 Å². The number of alkyl halides is 3. The van der Waals surface area contributed by atoms with Gasteiger partial charge in [-0.2, -0.15) is 18.3 Å². The van der Waals surface area contributed by atoms with Gasteiger partial charge in [0, 0.05) is 23.0 Å². The van der Waals surface area contributed by atoms with Crippen molar-refractivity contribution in [2.24, 2.45) is 0 Å². The molecular formula is C15H11F3N4O. The molecule has 0 fully saturated rings. The lowest BCUT2D eigenvalue weighted by atomic mass is 10.2. The first-order valence-corrected chi connectivity index (χ1v) is 6.64. The van der Waals surface area contributed by atoms with Crippen molar-refractivity contribution in [2.75, 3.05) is 5.32 Å². The number of aromatic amines is 1. The van der Waals surface area contributed by atoms with Crippen molar-refractivity contribution in [3.8, 4) is 0 Å². The summed E-state index contributed by atoms with van der Waals surface area (Å²) in [5.74, 6) is -0.544. The van der Waals surface area contributed by atoms with Crippen LogP contribution in [0.1, 0.15) is 21.7 Å². The molecule has 0 aliphatic carbocycles. The fourth-order valence-corrected chi connectivity index (χ4v) is 2.12. The standard InChI is InChI=1S/C15H11F3N4O/c1-8-11-4-3-10(6-12(11)22-21-8)20-14(23)9-2-5-13(19-7-9)15(16,17)18/h2-7H,1H3,(H,20,23)(H,21,22). The summed E-state index contributed by atoms with van der Waals surface area (Å²) in [6, 6.07) is 7.03. The smallest absolute Gasteiger partial charge is 0.322 e. The second kappa shape index (κ2) is 5.38. The molecular weight excluding hydrogens is 309 g/mol. The normalized spacial score (nSPS) is 11.7. The van der Waals surface area contributed by atoms with E-state index in [4.69, 9.17) is 0 Å². The van der Waals surface area contributed by atoms with Gasteiger partial charge in [0.2, 0.25) is 0 Å². The second-order valence-electron chi connectivity index (χ2n) is 4.96. The van der Waals surface area contributed by atoms with E-state index in [0.717, 1.165) is 29.4 Å². The molecule has 0 saturated carbocycles. The molecule has 5 nitrogen and oxygen atoms in total. The van der Waals surface area contributed by atoms with Crippen LogP contribution in [0.25, 0.3) is 10.9 Å². The lowest BCUT2D eigenvalue weighted by Crippen LogP contribution is -2.14. The Hall–Kier alpha value is -2.90. The number of aromatic nitrogens is 3. The molecule has 0 spiro atoms. The number of hydrogen-bond donors (Lipinski definition) is 2. The summed E-state index contributed by atoms with van der Waals surface area (Å²) in [5, 5.41) is 10.4. The molecule has 1 amide bonds. The maximum atomic E-state index is 12.4. The molecule has 0 bridgehead atoms. The Labute approximate surface area is 128 Å². The van der Waals surface area contributed by atoms with Gasteiger partial charge in [-0.3, -0.25) is 14.9 Å². The van der Waals surface area contributed by atoms with Crippen molar-refractivity contribution in [1.29, 1.82) is 0 Å². The first-order chi connectivity index (χ1) is 10.8. The minimum atomic E-state index is -4.53. The number of carbonyl (C=O) groups is 1. The number of halogens is 3. The molecule has 3 rings (SSSR count). The highest BCUT2D eigenvalue weighted by atomic mass is 19.4. The van der Waals surface area contributed by atoms with Crippen LogP contribution in [0.5, 0.6) is 0 Å². The van der Waals surface area contributed by atoms with Crippen molar-refractivity contribution in [2.45, 2.75) is 13.1 Å². The highest BCUT2D eigenvalue weighted by Gasteiger charge is 2.32. The van der Waals surface area contributed by atoms with Crippen molar-refractivity contribution in [3.05, 3.63) is 53.5 Å².